The molecule has 8 nitrogen and oxygen atoms in total. The van der Waals surface area contributed by atoms with Crippen LogP contribution in [-0.4, -0.2) is 44.0 Å². The van der Waals surface area contributed by atoms with Crippen LogP contribution in [0.3, 0.4) is 0 Å². The molecule has 0 radical (unpaired) electrons. The van der Waals surface area contributed by atoms with E-state index in [9.17, 15) is 21.6 Å². The minimum atomic E-state index is -4.18. The normalized spacial score (nSPS) is 11.8. The van der Waals surface area contributed by atoms with Crippen LogP contribution >= 0.6 is 0 Å². The predicted octanol–water partition coefficient (Wildman–Crippen LogP) is 2.72. The molecule has 2 heterocycles. The monoisotopic (exact) mass is 416 g/mol. The lowest BCUT2D eigenvalue weighted by molar-refractivity contribution is 0.146. The highest BCUT2D eigenvalue weighted by atomic mass is 32.2. The van der Waals surface area contributed by atoms with Crippen LogP contribution in [0, 0.1) is 5.82 Å². The summed E-state index contributed by atoms with van der Waals surface area (Å²) in [5.41, 5.74) is 0.189. The SMILES string of the molecule is COc1nc(NS(=O)(=O)c2c[nH]c3cc(F)ccc23)nc(OC)c1CC(F)F. The Balaban J connectivity index is 2.01. The summed E-state index contributed by atoms with van der Waals surface area (Å²) in [4.78, 5) is 10.2. The molecule has 1 aromatic carbocycles. The summed E-state index contributed by atoms with van der Waals surface area (Å²) in [6.07, 6.45) is -2.25. The van der Waals surface area contributed by atoms with E-state index in [0.29, 0.717) is 0 Å². The first-order chi connectivity index (χ1) is 13.2. The number of aromatic nitrogens is 3. The average Bonchev–Trinajstić information content (AvgIpc) is 3.05. The van der Waals surface area contributed by atoms with Crippen LogP contribution in [0.4, 0.5) is 19.1 Å². The molecule has 0 bridgehead atoms. The number of aromatic amines is 1. The van der Waals surface area contributed by atoms with Gasteiger partial charge in [0, 0.05) is 23.5 Å². The number of H-pyrrole nitrogens is 1. The number of methoxy groups -OCH3 is 2. The molecule has 0 atom stereocenters. The molecular weight excluding hydrogens is 401 g/mol. The first-order valence-electron chi connectivity index (χ1n) is 7.81. The van der Waals surface area contributed by atoms with Gasteiger partial charge in [0.05, 0.1) is 19.8 Å². The van der Waals surface area contributed by atoms with E-state index >= 15 is 0 Å². The largest absolute Gasteiger partial charge is 0.481 e. The molecule has 0 aliphatic rings. The van der Waals surface area contributed by atoms with Gasteiger partial charge in [-0.1, -0.05) is 0 Å². The smallest absolute Gasteiger partial charge is 0.266 e. The molecule has 12 heteroatoms. The Bertz CT molecular complexity index is 1090. The van der Waals surface area contributed by atoms with E-state index in [1.807, 2.05) is 0 Å². The summed E-state index contributed by atoms with van der Waals surface area (Å²) in [6.45, 7) is 0. The van der Waals surface area contributed by atoms with Crippen molar-refractivity contribution < 1.29 is 31.1 Å². The number of hydrogen-bond acceptors (Lipinski definition) is 6. The van der Waals surface area contributed by atoms with Crippen LogP contribution in [-0.2, 0) is 16.4 Å². The Labute approximate surface area is 157 Å². The Morgan fingerprint density at radius 1 is 1.18 bits per heavy atom. The van der Waals surface area contributed by atoms with E-state index in [2.05, 4.69) is 19.7 Å². The standard InChI is InChI=1S/C16H15F3N4O4S/c1-26-14-10(6-13(18)19)15(27-2)22-16(21-14)23-28(24,25)12-7-20-11-5-8(17)3-4-9(11)12/h3-5,7,13,20H,6H2,1-2H3,(H,21,22,23). The molecular formula is C16H15F3N4O4S. The van der Waals surface area contributed by atoms with Crippen LogP contribution in [0.2, 0.25) is 0 Å². The zero-order valence-corrected chi connectivity index (χ0v) is 15.5. The van der Waals surface area contributed by atoms with E-state index in [1.54, 1.807) is 0 Å². The van der Waals surface area contributed by atoms with Crippen molar-refractivity contribution in [2.24, 2.45) is 0 Å². The zero-order valence-electron chi connectivity index (χ0n) is 14.7. The van der Waals surface area contributed by atoms with Crippen molar-refractivity contribution in [1.29, 1.82) is 0 Å². The third-order valence-electron chi connectivity index (χ3n) is 3.80. The van der Waals surface area contributed by atoms with Gasteiger partial charge in [-0.25, -0.2) is 26.3 Å². The van der Waals surface area contributed by atoms with Gasteiger partial charge in [0.15, 0.2) is 0 Å². The fourth-order valence-corrected chi connectivity index (χ4v) is 3.75. The molecule has 0 fully saturated rings. The van der Waals surface area contributed by atoms with Crippen molar-refractivity contribution in [3.05, 3.63) is 35.8 Å². The maximum atomic E-state index is 13.3. The lowest BCUT2D eigenvalue weighted by Gasteiger charge is -2.13. The third kappa shape index (κ3) is 3.81. The van der Waals surface area contributed by atoms with E-state index in [-0.39, 0.29) is 33.1 Å². The van der Waals surface area contributed by atoms with Crippen molar-refractivity contribution in [3.63, 3.8) is 0 Å². The number of fused-ring (bicyclic) bond motifs is 1. The zero-order chi connectivity index (χ0) is 20.5. The van der Waals surface area contributed by atoms with Crippen molar-refractivity contribution in [1.82, 2.24) is 15.0 Å². The van der Waals surface area contributed by atoms with Crippen molar-refractivity contribution in [2.45, 2.75) is 17.7 Å². The van der Waals surface area contributed by atoms with Crippen molar-refractivity contribution in [3.8, 4) is 11.8 Å². The molecule has 150 valence electrons. The summed E-state index contributed by atoms with van der Waals surface area (Å²) < 4.78 is 76.4. The van der Waals surface area contributed by atoms with Crippen LogP contribution in [0.5, 0.6) is 11.8 Å². The third-order valence-corrected chi connectivity index (χ3v) is 5.17. The minimum absolute atomic E-state index is 0.0921. The second-order valence-electron chi connectivity index (χ2n) is 5.59. The van der Waals surface area contributed by atoms with Crippen LogP contribution in [0.1, 0.15) is 5.56 Å². The lowest BCUT2D eigenvalue weighted by atomic mass is 10.2. The Kier molecular flexibility index (Phi) is 5.31. The van der Waals surface area contributed by atoms with Gasteiger partial charge in [-0.2, -0.15) is 9.97 Å². The second kappa shape index (κ2) is 7.54. The van der Waals surface area contributed by atoms with E-state index in [0.717, 1.165) is 12.1 Å². The first kappa shape index (κ1) is 19.7. The maximum Gasteiger partial charge on any atom is 0.266 e. The lowest BCUT2D eigenvalue weighted by Crippen LogP contribution is -2.16. The molecule has 0 aliphatic carbocycles. The molecule has 2 aromatic heterocycles. The fraction of sp³-hybridized carbons (Fsp3) is 0.250. The highest BCUT2D eigenvalue weighted by Crippen LogP contribution is 2.30. The first-order valence-corrected chi connectivity index (χ1v) is 9.30. The Morgan fingerprint density at radius 3 is 2.39 bits per heavy atom. The number of ether oxygens (including phenoxy) is 2. The van der Waals surface area contributed by atoms with E-state index in [4.69, 9.17) is 9.47 Å². The van der Waals surface area contributed by atoms with Crippen LogP contribution < -0.4 is 14.2 Å². The van der Waals surface area contributed by atoms with Gasteiger partial charge in [0.25, 0.3) is 10.0 Å². The van der Waals surface area contributed by atoms with Gasteiger partial charge in [0.1, 0.15) is 10.7 Å². The summed E-state index contributed by atoms with van der Waals surface area (Å²) in [7, 11) is -1.79. The molecule has 28 heavy (non-hydrogen) atoms. The highest BCUT2D eigenvalue weighted by Gasteiger charge is 2.24. The number of nitrogens with one attached hydrogen (secondary N) is 2. The molecule has 3 rings (SSSR count). The van der Waals surface area contributed by atoms with Crippen LogP contribution in [0.25, 0.3) is 10.9 Å². The average molecular weight is 416 g/mol. The van der Waals surface area contributed by atoms with Gasteiger partial charge in [-0.3, -0.25) is 0 Å². The number of rotatable bonds is 7. The maximum absolute atomic E-state index is 13.3. The number of nitrogens with zero attached hydrogens (tertiary/aromatic N) is 2. The van der Waals surface area contributed by atoms with Gasteiger partial charge in [-0.05, 0) is 18.2 Å². The number of halogens is 3. The van der Waals surface area contributed by atoms with Crippen molar-refractivity contribution >= 4 is 26.9 Å². The van der Waals surface area contributed by atoms with Gasteiger partial charge >= 0.3 is 0 Å². The molecule has 0 amide bonds. The number of alkyl halides is 2. The number of hydrogen-bond donors (Lipinski definition) is 2. The summed E-state index contributed by atoms with van der Waals surface area (Å²) in [5, 5.41) is 0.252. The second-order valence-corrected chi connectivity index (χ2v) is 7.24. The number of benzene rings is 1. The predicted molar refractivity (Wildman–Crippen MR) is 93.9 cm³/mol. The molecule has 0 spiro atoms. The Hall–Kier alpha value is -3.02. The quantitative estimate of drug-likeness (QED) is 0.614. The van der Waals surface area contributed by atoms with Gasteiger partial charge in [0.2, 0.25) is 24.1 Å². The summed E-state index contributed by atoms with van der Waals surface area (Å²) >= 11 is 0. The van der Waals surface area contributed by atoms with E-state index in [1.165, 1.54) is 26.5 Å². The fourth-order valence-electron chi connectivity index (χ4n) is 2.63. The van der Waals surface area contributed by atoms with Gasteiger partial charge < -0.3 is 14.5 Å². The summed E-state index contributed by atoms with van der Waals surface area (Å²) in [6, 6.07) is 3.58. The molecule has 3 aromatic rings. The number of anilines is 1. The summed E-state index contributed by atoms with van der Waals surface area (Å²) in [5.74, 6) is -1.45. The molecule has 0 saturated carbocycles. The number of sulfonamides is 1. The van der Waals surface area contributed by atoms with Crippen molar-refractivity contribution in [2.75, 3.05) is 18.9 Å². The topological polar surface area (TPSA) is 106 Å². The molecule has 0 unspecified atom stereocenters. The Morgan fingerprint density at radius 2 is 1.82 bits per heavy atom. The molecule has 2 N–H and O–H groups in total. The van der Waals surface area contributed by atoms with Gasteiger partial charge in [-0.15, -0.1) is 0 Å². The minimum Gasteiger partial charge on any atom is -0.481 e. The molecule has 0 saturated heterocycles. The highest BCUT2D eigenvalue weighted by molar-refractivity contribution is 7.93. The van der Waals surface area contributed by atoms with Crippen LogP contribution in [0.15, 0.2) is 29.3 Å². The molecule has 0 aliphatic heterocycles. The van der Waals surface area contributed by atoms with E-state index < -0.39 is 34.6 Å².